The maximum Gasteiger partial charge on any atom is 0.303 e. The van der Waals surface area contributed by atoms with E-state index in [4.69, 9.17) is 5.11 Å². The van der Waals surface area contributed by atoms with Crippen molar-refractivity contribution in [2.75, 3.05) is 12.8 Å². The van der Waals surface area contributed by atoms with Gasteiger partial charge in [-0.25, -0.2) is 8.42 Å². The number of carboxylic acids is 1. The molecule has 7 heteroatoms. The second-order valence-electron chi connectivity index (χ2n) is 4.52. The molecule has 0 aromatic heterocycles. The van der Waals surface area contributed by atoms with E-state index in [2.05, 4.69) is 5.32 Å². The van der Waals surface area contributed by atoms with E-state index in [1.165, 1.54) is 6.07 Å². The topological polar surface area (TPSA) is 101 Å². The highest BCUT2D eigenvalue weighted by molar-refractivity contribution is 7.89. The summed E-state index contributed by atoms with van der Waals surface area (Å²) in [5.74, 6) is -1.37. The van der Waals surface area contributed by atoms with Crippen molar-refractivity contribution in [3.63, 3.8) is 0 Å². The zero-order valence-corrected chi connectivity index (χ0v) is 11.9. The van der Waals surface area contributed by atoms with Crippen LogP contribution in [-0.2, 0) is 20.4 Å². The number of carbonyl (C=O) groups is 2. The Morgan fingerprint density at radius 2 is 2.00 bits per heavy atom. The van der Waals surface area contributed by atoms with Gasteiger partial charge in [-0.3, -0.25) is 9.59 Å². The lowest BCUT2D eigenvalue weighted by Gasteiger charge is -2.06. The van der Waals surface area contributed by atoms with Crippen LogP contribution in [0.1, 0.15) is 28.8 Å². The van der Waals surface area contributed by atoms with Crippen molar-refractivity contribution < 1.29 is 23.1 Å². The molecule has 1 amide bonds. The molecule has 0 radical (unpaired) electrons. The molecule has 1 aromatic carbocycles. The van der Waals surface area contributed by atoms with Gasteiger partial charge in [0.25, 0.3) is 5.91 Å². The van der Waals surface area contributed by atoms with Crippen molar-refractivity contribution in [1.82, 2.24) is 5.32 Å². The van der Waals surface area contributed by atoms with Crippen LogP contribution in [0.4, 0.5) is 0 Å². The Hall–Kier alpha value is -1.89. The Labute approximate surface area is 117 Å². The summed E-state index contributed by atoms with van der Waals surface area (Å²) in [5, 5.41) is 11.1. The van der Waals surface area contributed by atoms with Crippen LogP contribution >= 0.6 is 0 Å². The summed E-state index contributed by atoms with van der Waals surface area (Å²) < 4.78 is 22.4. The molecule has 0 spiro atoms. The zero-order valence-electron chi connectivity index (χ0n) is 11.1. The van der Waals surface area contributed by atoms with Crippen LogP contribution in [0.2, 0.25) is 0 Å². The van der Waals surface area contributed by atoms with E-state index in [1.807, 2.05) is 0 Å². The van der Waals surface area contributed by atoms with Crippen molar-refractivity contribution in [2.45, 2.75) is 18.6 Å². The Kier molecular flexibility index (Phi) is 5.69. The van der Waals surface area contributed by atoms with Gasteiger partial charge in [-0.15, -0.1) is 0 Å². The van der Waals surface area contributed by atoms with E-state index < -0.39 is 15.8 Å². The highest BCUT2D eigenvalue weighted by atomic mass is 32.2. The van der Waals surface area contributed by atoms with E-state index >= 15 is 0 Å². The SMILES string of the molecule is CS(=O)(=O)Cc1cccc(C(=O)NCCCC(=O)O)c1. The van der Waals surface area contributed by atoms with Crippen LogP contribution in [0, 0.1) is 0 Å². The number of nitrogens with one attached hydrogen (secondary N) is 1. The van der Waals surface area contributed by atoms with E-state index in [0.29, 0.717) is 17.5 Å². The van der Waals surface area contributed by atoms with Gasteiger partial charge in [0.05, 0.1) is 5.75 Å². The number of amides is 1. The maximum atomic E-state index is 11.8. The number of rotatable bonds is 7. The zero-order chi connectivity index (χ0) is 15.2. The Balaban J connectivity index is 2.60. The highest BCUT2D eigenvalue weighted by Gasteiger charge is 2.09. The summed E-state index contributed by atoms with van der Waals surface area (Å²) in [7, 11) is -3.15. The van der Waals surface area contributed by atoms with E-state index in [1.54, 1.807) is 18.2 Å². The van der Waals surface area contributed by atoms with Crippen molar-refractivity contribution in [3.8, 4) is 0 Å². The molecule has 0 aliphatic carbocycles. The maximum absolute atomic E-state index is 11.8. The predicted octanol–water partition coefficient (Wildman–Crippen LogP) is 0.826. The second-order valence-corrected chi connectivity index (χ2v) is 6.66. The summed E-state index contributed by atoms with van der Waals surface area (Å²) in [6.07, 6.45) is 1.48. The van der Waals surface area contributed by atoms with Gasteiger partial charge < -0.3 is 10.4 Å². The molecule has 0 unspecified atom stereocenters. The molecule has 0 atom stereocenters. The van der Waals surface area contributed by atoms with Gasteiger partial charge in [-0.1, -0.05) is 12.1 Å². The number of benzene rings is 1. The smallest absolute Gasteiger partial charge is 0.303 e. The minimum atomic E-state index is -3.15. The first-order chi connectivity index (χ1) is 9.28. The van der Waals surface area contributed by atoms with Crippen molar-refractivity contribution in [3.05, 3.63) is 35.4 Å². The molecule has 0 aliphatic heterocycles. The third kappa shape index (κ3) is 6.33. The molecule has 2 N–H and O–H groups in total. The molecular weight excluding hydrogens is 282 g/mol. The van der Waals surface area contributed by atoms with E-state index in [9.17, 15) is 18.0 Å². The lowest BCUT2D eigenvalue weighted by Crippen LogP contribution is -2.25. The van der Waals surface area contributed by atoms with Gasteiger partial charge >= 0.3 is 5.97 Å². The third-order valence-electron chi connectivity index (χ3n) is 2.47. The van der Waals surface area contributed by atoms with Crippen LogP contribution in [-0.4, -0.2) is 38.2 Å². The number of hydrogen-bond acceptors (Lipinski definition) is 4. The summed E-state index contributed by atoms with van der Waals surface area (Å²) in [5.41, 5.74) is 0.909. The standard InChI is InChI=1S/C13H17NO5S/c1-20(18,19)9-10-4-2-5-11(8-10)13(17)14-7-3-6-12(15)16/h2,4-5,8H,3,6-7,9H2,1H3,(H,14,17)(H,15,16). The lowest BCUT2D eigenvalue weighted by molar-refractivity contribution is -0.137. The molecule has 0 bridgehead atoms. The molecule has 6 nitrogen and oxygen atoms in total. The van der Waals surface area contributed by atoms with Crippen LogP contribution in [0.25, 0.3) is 0 Å². The number of sulfone groups is 1. The summed E-state index contributed by atoms with van der Waals surface area (Å²) in [6, 6.07) is 6.36. The molecule has 0 saturated carbocycles. The fraction of sp³-hybridized carbons (Fsp3) is 0.385. The van der Waals surface area contributed by atoms with Crippen LogP contribution in [0.3, 0.4) is 0 Å². The van der Waals surface area contributed by atoms with Gasteiger partial charge in [0, 0.05) is 24.8 Å². The fourth-order valence-electron chi connectivity index (χ4n) is 1.65. The molecule has 1 rings (SSSR count). The Morgan fingerprint density at radius 3 is 2.60 bits per heavy atom. The molecule has 110 valence electrons. The number of carboxylic acid groups (broad SMARTS) is 1. The predicted molar refractivity (Wildman–Crippen MR) is 74.2 cm³/mol. The average molecular weight is 299 g/mol. The van der Waals surface area contributed by atoms with Gasteiger partial charge in [-0.05, 0) is 24.1 Å². The van der Waals surface area contributed by atoms with E-state index in [-0.39, 0.29) is 24.6 Å². The van der Waals surface area contributed by atoms with Crippen LogP contribution in [0.15, 0.2) is 24.3 Å². The molecular formula is C13H17NO5S. The van der Waals surface area contributed by atoms with Gasteiger partial charge in [0.1, 0.15) is 0 Å². The van der Waals surface area contributed by atoms with Gasteiger partial charge in [0.15, 0.2) is 9.84 Å². The van der Waals surface area contributed by atoms with Crippen molar-refractivity contribution >= 4 is 21.7 Å². The third-order valence-corrected chi connectivity index (χ3v) is 3.33. The minimum Gasteiger partial charge on any atom is -0.481 e. The monoisotopic (exact) mass is 299 g/mol. The normalized spacial score (nSPS) is 11.1. The first-order valence-electron chi connectivity index (χ1n) is 6.04. The number of carbonyl (C=O) groups excluding carboxylic acids is 1. The lowest BCUT2D eigenvalue weighted by atomic mass is 10.1. The molecule has 0 aliphatic rings. The van der Waals surface area contributed by atoms with E-state index in [0.717, 1.165) is 6.26 Å². The van der Waals surface area contributed by atoms with Crippen LogP contribution < -0.4 is 5.32 Å². The largest absolute Gasteiger partial charge is 0.481 e. The Morgan fingerprint density at radius 1 is 1.30 bits per heavy atom. The Bertz CT molecular complexity index is 595. The molecule has 0 heterocycles. The fourth-order valence-corrected chi connectivity index (χ4v) is 2.43. The van der Waals surface area contributed by atoms with Gasteiger partial charge in [0.2, 0.25) is 0 Å². The molecule has 0 fully saturated rings. The van der Waals surface area contributed by atoms with Crippen LogP contribution in [0.5, 0.6) is 0 Å². The molecule has 20 heavy (non-hydrogen) atoms. The summed E-state index contributed by atoms with van der Waals surface area (Å²) in [6.45, 7) is 0.265. The van der Waals surface area contributed by atoms with Crippen molar-refractivity contribution in [1.29, 1.82) is 0 Å². The molecule has 1 aromatic rings. The number of aliphatic carboxylic acids is 1. The first-order valence-corrected chi connectivity index (χ1v) is 8.10. The van der Waals surface area contributed by atoms with Gasteiger partial charge in [-0.2, -0.15) is 0 Å². The molecule has 0 saturated heterocycles. The summed E-state index contributed by atoms with van der Waals surface area (Å²) >= 11 is 0. The summed E-state index contributed by atoms with van der Waals surface area (Å²) in [4.78, 5) is 22.1. The number of hydrogen-bond donors (Lipinski definition) is 2. The first kappa shape index (κ1) is 16.2. The average Bonchev–Trinajstić information content (AvgIpc) is 2.32. The quantitative estimate of drug-likeness (QED) is 0.726. The highest BCUT2D eigenvalue weighted by Crippen LogP contribution is 2.08. The second kappa shape index (κ2) is 7.04. The van der Waals surface area contributed by atoms with Crippen molar-refractivity contribution in [2.24, 2.45) is 0 Å². The minimum absolute atomic E-state index is 0.00556.